The Labute approximate surface area is 266 Å². The molecular formula is C38H40BClN2O2. The van der Waals surface area contributed by atoms with Gasteiger partial charge in [0.2, 0.25) is 0 Å². The number of aryl methyl sites for hydroxylation is 8. The lowest BCUT2D eigenvalue weighted by Gasteiger charge is -2.09. The monoisotopic (exact) mass is 602 g/mol. The van der Waals surface area contributed by atoms with E-state index in [1.54, 1.807) is 12.1 Å². The summed E-state index contributed by atoms with van der Waals surface area (Å²) in [5, 5.41) is 20.6. The van der Waals surface area contributed by atoms with Crippen LogP contribution >= 0.6 is 11.6 Å². The lowest BCUT2D eigenvalue weighted by Crippen LogP contribution is -2.30. The van der Waals surface area contributed by atoms with Gasteiger partial charge in [-0.1, -0.05) is 82.4 Å². The first-order valence-electron chi connectivity index (χ1n) is 14.7. The second-order valence-electron chi connectivity index (χ2n) is 11.8. The predicted octanol–water partition coefficient (Wildman–Crippen LogP) is 8.62. The van der Waals surface area contributed by atoms with Crippen LogP contribution in [0.3, 0.4) is 0 Å². The smallest absolute Gasteiger partial charge is 0.423 e. The van der Waals surface area contributed by atoms with Crippen molar-refractivity contribution < 1.29 is 10.0 Å². The van der Waals surface area contributed by atoms with Crippen molar-refractivity contribution in [2.75, 3.05) is 0 Å². The standard InChI is InChI=1S/C19H19N.C11H10ClN.C8H11BO2/c1-12-5-6-17-15(4)11-18(20-19(17)10-12)16-8-13(2)7-14(3)9-16;1-7-3-4-9-8(2)6-11(12)13-10(9)5-7;1-6-3-7(2)5-8(4-6)9(10)11/h5-11H,1-4H3;3-6H,1-2H3;3-5,10-11H,1-2H3. The first-order valence-corrected chi connectivity index (χ1v) is 15.1. The van der Waals surface area contributed by atoms with Crippen molar-refractivity contribution in [3.8, 4) is 11.3 Å². The number of nitrogens with zero attached hydrogens (tertiary/aromatic N) is 2. The maximum absolute atomic E-state index is 8.83. The fourth-order valence-electron chi connectivity index (χ4n) is 5.41. The van der Waals surface area contributed by atoms with Crippen LogP contribution in [0.4, 0.5) is 0 Å². The molecule has 0 spiro atoms. The first-order chi connectivity index (χ1) is 20.8. The Balaban J connectivity index is 0.000000160. The van der Waals surface area contributed by atoms with Crippen molar-refractivity contribution in [2.45, 2.75) is 55.4 Å². The molecule has 0 radical (unpaired) electrons. The Kier molecular flexibility index (Phi) is 10.6. The molecule has 0 amide bonds. The van der Waals surface area contributed by atoms with Gasteiger partial charge in [0.1, 0.15) is 5.15 Å². The van der Waals surface area contributed by atoms with Crippen molar-refractivity contribution in [2.24, 2.45) is 0 Å². The molecule has 0 bridgehead atoms. The molecule has 6 rings (SSSR count). The highest BCUT2D eigenvalue weighted by atomic mass is 35.5. The Hall–Kier alpha value is -4.03. The summed E-state index contributed by atoms with van der Waals surface area (Å²) >= 11 is 5.87. The molecule has 2 heterocycles. The Bertz CT molecular complexity index is 1910. The molecule has 0 atom stereocenters. The van der Waals surface area contributed by atoms with E-state index in [-0.39, 0.29) is 0 Å². The predicted molar refractivity (Wildman–Crippen MR) is 188 cm³/mol. The SMILES string of the molecule is Cc1cc(C)cc(-c2cc(C)c3ccc(C)cc3n2)c1.Cc1cc(C)cc(B(O)O)c1.Cc1ccc2c(C)cc(Cl)nc2c1. The van der Waals surface area contributed by atoms with E-state index < -0.39 is 7.12 Å². The molecule has 0 aliphatic rings. The molecule has 224 valence electrons. The summed E-state index contributed by atoms with van der Waals surface area (Å²) in [5.74, 6) is 0. The molecule has 6 heteroatoms. The van der Waals surface area contributed by atoms with E-state index in [0.717, 1.165) is 27.9 Å². The Morgan fingerprint density at radius 1 is 0.500 bits per heavy atom. The maximum atomic E-state index is 8.83. The van der Waals surface area contributed by atoms with Gasteiger partial charge < -0.3 is 10.0 Å². The van der Waals surface area contributed by atoms with Crippen LogP contribution in [0.1, 0.15) is 44.5 Å². The molecule has 0 saturated carbocycles. The zero-order valence-corrected chi connectivity index (χ0v) is 27.6. The minimum Gasteiger partial charge on any atom is -0.423 e. The van der Waals surface area contributed by atoms with Crippen LogP contribution < -0.4 is 5.46 Å². The van der Waals surface area contributed by atoms with Crippen molar-refractivity contribution in [1.82, 2.24) is 9.97 Å². The molecule has 2 N–H and O–H groups in total. The van der Waals surface area contributed by atoms with E-state index in [4.69, 9.17) is 26.6 Å². The Morgan fingerprint density at radius 2 is 0.955 bits per heavy atom. The third-order valence-electron chi connectivity index (χ3n) is 7.37. The van der Waals surface area contributed by atoms with E-state index in [1.165, 1.54) is 49.7 Å². The van der Waals surface area contributed by atoms with E-state index in [9.17, 15) is 0 Å². The minimum absolute atomic E-state index is 0.558. The molecule has 4 nitrogen and oxygen atoms in total. The number of hydrogen-bond acceptors (Lipinski definition) is 4. The second kappa shape index (κ2) is 14.2. The fraction of sp³-hybridized carbons (Fsp3) is 0.211. The van der Waals surface area contributed by atoms with Crippen molar-refractivity contribution >= 4 is 46.0 Å². The average Bonchev–Trinajstić information content (AvgIpc) is 2.92. The molecule has 0 saturated heterocycles. The zero-order chi connectivity index (χ0) is 32.1. The molecule has 0 unspecified atom stereocenters. The fourth-order valence-corrected chi connectivity index (χ4v) is 5.67. The molecule has 4 aromatic carbocycles. The summed E-state index contributed by atoms with van der Waals surface area (Å²) in [7, 11) is -1.35. The lowest BCUT2D eigenvalue weighted by molar-refractivity contribution is 0.425. The number of halogens is 1. The van der Waals surface area contributed by atoms with Crippen LogP contribution in [0.15, 0.2) is 84.9 Å². The lowest BCUT2D eigenvalue weighted by atomic mass is 9.79. The molecule has 0 fully saturated rings. The van der Waals surface area contributed by atoms with Gasteiger partial charge in [-0.05, 0) is 120 Å². The van der Waals surface area contributed by atoms with Crippen LogP contribution in [0.25, 0.3) is 33.1 Å². The third-order valence-corrected chi connectivity index (χ3v) is 7.57. The van der Waals surface area contributed by atoms with Gasteiger partial charge in [-0.3, -0.25) is 0 Å². The normalized spacial score (nSPS) is 10.6. The van der Waals surface area contributed by atoms with Crippen molar-refractivity contribution in [3.05, 3.63) is 135 Å². The van der Waals surface area contributed by atoms with Gasteiger partial charge >= 0.3 is 7.12 Å². The van der Waals surface area contributed by atoms with E-state index in [2.05, 4.69) is 94.2 Å². The van der Waals surface area contributed by atoms with Crippen LogP contribution in [-0.4, -0.2) is 27.1 Å². The first kappa shape index (κ1) is 32.9. The molecule has 2 aromatic heterocycles. The highest BCUT2D eigenvalue weighted by molar-refractivity contribution is 6.58. The summed E-state index contributed by atoms with van der Waals surface area (Å²) in [6.07, 6.45) is 0. The van der Waals surface area contributed by atoms with E-state index in [1.807, 2.05) is 39.0 Å². The summed E-state index contributed by atoms with van der Waals surface area (Å²) < 4.78 is 0. The summed E-state index contributed by atoms with van der Waals surface area (Å²) in [6, 6.07) is 28.9. The summed E-state index contributed by atoms with van der Waals surface area (Å²) in [6.45, 7) is 16.5. The molecule has 0 aliphatic heterocycles. The van der Waals surface area contributed by atoms with Crippen LogP contribution in [0, 0.1) is 55.4 Å². The number of rotatable bonds is 2. The number of benzene rings is 4. The van der Waals surface area contributed by atoms with Crippen LogP contribution in [0.5, 0.6) is 0 Å². The molecule has 44 heavy (non-hydrogen) atoms. The minimum atomic E-state index is -1.35. The zero-order valence-electron chi connectivity index (χ0n) is 26.8. The number of aromatic nitrogens is 2. The van der Waals surface area contributed by atoms with Gasteiger partial charge in [-0.15, -0.1) is 0 Å². The van der Waals surface area contributed by atoms with Gasteiger partial charge in [-0.25, -0.2) is 9.97 Å². The second-order valence-corrected chi connectivity index (χ2v) is 12.2. The van der Waals surface area contributed by atoms with E-state index in [0.29, 0.717) is 10.6 Å². The maximum Gasteiger partial charge on any atom is 0.488 e. The van der Waals surface area contributed by atoms with E-state index >= 15 is 0 Å². The van der Waals surface area contributed by atoms with Gasteiger partial charge in [0.25, 0.3) is 0 Å². The molecule has 0 aliphatic carbocycles. The summed E-state index contributed by atoms with van der Waals surface area (Å²) in [5.41, 5.74) is 14.5. The van der Waals surface area contributed by atoms with Gasteiger partial charge in [0.15, 0.2) is 0 Å². The van der Waals surface area contributed by atoms with Gasteiger partial charge in [0, 0.05) is 16.3 Å². The summed E-state index contributed by atoms with van der Waals surface area (Å²) in [4.78, 5) is 9.11. The van der Waals surface area contributed by atoms with Crippen molar-refractivity contribution in [1.29, 1.82) is 0 Å². The Morgan fingerprint density at radius 3 is 1.45 bits per heavy atom. The largest absolute Gasteiger partial charge is 0.488 e. The van der Waals surface area contributed by atoms with Crippen LogP contribution in [-0.2, 0) is 0 Å². The highest BCUT2D eigenvalue weighted by Crippen LogP contribution is 2.26. The van der Waals surface area contributed by atoms with Crippen LogP contribution in [0.2, 0.25) is 5.15 Å². The highest BCUT2D eigenvalue weighted by Gasteiger charge is 2.10. The van der Waals surface area contributed by atoms with Gasteiger partial charge in [-0.2, -0.15) is 0 Å². The number of hydrogen-bond donors (Lipinski definition) is 2. The molecular weight excluding hydrogens is 563 g/mol. The average molecular weight is 603 g/mol. The number of fused-ring (bicyclic) bond motifs is 2. The van der Waals surface area contributed by atoms with Crippen molar-refractivity contribution in [3.63, 3.8) is 0 Å². The van der Waals surface area contributed by atoms with Gasteiger partial charge in [0.05, 0.1) is 16.7 Å². The topological polar surface area (TPSA) is 66.2 Å². The molecule has 6 aromatic rings. The number of pyridine rings is 2. The third kappa shape index (κ3) is 8.54. The quantitative estimate of drug-likeness (QED) is 0.154.